The van der Waals surface area contributed by atoms with Crippen LogP contribution >= 0.6 is 0 Å². The number of hydrogen-bond donors (Lipinski definition) is 1. The molecule has 0 radical (unpaired) electrons. The van der Waals surface area contributed by atoms with E-state index in [1.54, 1.807) is 55.6 Å². The maximum atomic E-state index is 12.2. The molecule has 0 bridgehead atoms. The molecule has 0 saturated heterocycles. The topological polar surface area (TPSA) is 64.6 Å². The number of methoxy groups -OCH3 is 1. The van der Waals surface area contributed by atoms with E-state index in [-0.39, 0.29) is 11.9 Å². The highest BCUT2D eigenvalue weighted by atomic mass is 16.5. The SMILES string of the molecule is COc1cccc(C(=O)Nc2ccc(C(=O)OCCC(C)C)cc2)c1. The summed E-state index contributed by atoms with van der Waals surface area (Å²) in [5.41, 5.74) is 1.56. The predicted octanol–water partition coefficient (Wildman–Crippen LogP) is 4.15. The molecule has 0 heterocycles. The van der Waals surface area contributed by atoms with Crippen LogP contribution in [0.1, 0.15) is 41.0 Å². The third-order valence-corrected chi connectivity index (χ3v) is 3.64. The molecule has 0 atom stereocenters. The number of amides is 1. The van der Waals surface area contributed by atoms with Gasteiger partial charge in [0.1, 0.15) is 5.75 Å². The van der Waals surface area contributed by atoms with E-state index in [1.807, 2.05) is 0 Å². The predicted molar refractivity (Wildman–Crippen MR) is 97.1 cm³/mol. The molecular weight excluding hydrogens is 318 g/mol. The normalized spacial score (nSPS) is 10.4. The van der Waals surface area contributed by atoms with Crippen molar-refractivity contribution in [2.24, 2.45) is 5.92 Å². The van der Waals surface area contributed by atoms with E-state index in [0.29, 0.717) is 35.1 Å². The van der Waals surface area contributed by atoms with Crippen LogP contribution in [0.4, 0.5) is 5.69 Å². The number of hydrogen-bond acceptors (Lipinski definition) is 4. The molecule has 1 amide bonds. The average molecular weight is 341 g/mol. The Balaban J connectivity index is 1.95. The van der Waals surface area contributed by atoms with E-state index in [2.05, 4.69) is 19.2 Å². The lowest BCUT2D eigenvalue weighted by atomic mass is 10.1. The molecule has 0 aliphatic rings. The number of carbonyl (C=O) groups excluding carboxylic acids is 2. The van der Waals surface area contributed by atoms with Crippen LogP contribution in [-0.2, 0) is 4.74 Å². The summed E-state index contributed by atoms with van der Waals surface area (Å²) < 4.78 is 10.3. The van der Waals surface area contributed by atoms with Crippen molar-refractivity contribution in [2.75, 3.05) is 19.0 Å². The summed E-state index contributed by atoms with van der Waals surface area (Å²) in [6.45, 7) is 4.56. The average Bonchev–Trinajstić information content (AvgIpc) is 2.62. The number of esters is 1. The molecule has 0 aliphatic heterocycles. The molecule has 0 fully saturated rings. The molecule has 0 aromatic heterocycles. The van der Waals surface area contributed by atoms with Gasteiger partial charge in [-0.25, -0.2) is 4.79 Å². The Morgan fingerprint density at radius 1 is 1.04 bits per heavy atom. The molecule has 25 heavy (non-hydrogen) atoms. The minimum atomic E-state index is -0.355. The molecule has 2 aromatic rings. The highest BCUT2D eigenvalue weighted by molar-refractivity contribution is 6.04. The standard InChI is InChI=1S/C20H23NO4/c1-14(2)11-12-25-20(23)15-7-9-17(10-8-15)21-19(22)16-5-4-6-18(13-16)24-3/h4-10,13-14H,11-12H2,1-3H3,(H,21,22). The van der Waals surface area contributed by atoms with E-state index in [1.165, 1.54) is 0 Å². The first-order valence-electron chi connectivity index (χ1n) is 8.22. The summed E-state index contributed by atoms with van der Waals surface area (Å²) >= 11 is 0. The van der Waals surface area contributed by atoms with Crippen molar-refractivity contribution in [1.29, 1.82) is 0 Å². The second-order valence-electron chi connectivity index (χ2n) is 6.08. The first kappa shape index (κ1) is 18.5. The summed E-state index contributed by atoms with van der Waals surface area (Å²) in [5, 5.41) is 2.79. The highest BCUT2D eigenvalue weighted by Crippen LogP contribution is 2.16. The molecule has 0 aliphatic carbocycles. The maximum Gasteiger partial charge on any atom is 0.338 e. The summed E-state index contributed by atoms with van der Waals surface area (Å²) in [7, 11) is 1.55. The molecule has 132 valence electrons. The number of nitrogens with one attached hydrogen (secondary N) is 1. The fourth-order valence-electron chi connectivity index (χ4n) is 2.13. The van der Waals surface area contributed by atoms with Crippen LogP contribution in [0.3, 0.4) is 0 Å². The fourth-order valence-corrected chi connectivity index (χ4v) is 2.13. The largest absolute Gasteiger partial charge is 0.497 e. The van der Waals surface area contributed by atoms with Crippen molar-refractivity contribution in [2.45, 2.75) is 20.3 Å². The molecule has 1 N–H and O–H groups in total. The van der Waals surface area contributed by atoms with E-state index >= 15 is 0 Å². The van der Waals surface area contributed by atoms with E-state index in [0.717, 1.165) is 6.42 Å². The Kier molecular flexibility index (Phi) is 6.57. The Hall–Kier alpha value is -2.82. The van der Waals surface area contributed by atoms with Gasteiger partial charge in [0.25, 0.3) is 5.91 Å². The number of ether oxygens (including phenoxy) is 2. The van der Waals surface area contributed by atoms with Gasteiger partial charge in [0.05, 0.1) is 19.3 Å². The van der Waals surface area contributed by atoms with Gasteiger partial charge in [-0.05, 0) is 54.8 Å². The number of carbonyl (C=O) groups is 2. The first-order valence-corrected chi connectivity index (χ1v) is 8.22. The minimum absolute atomic E-state index is 0.244. The third kappa shape index (κ3) is 5.64. The summed E-state index contributed by atoms with van der Waals surface area (Å²) in [5.74, 6) is 0.506. The molecule has 5 heteroatoms. The van der Waals surface area contributed by atoms with Crippen LogP contribution < -0.4 is 10.1 Å². The van der Waals surface area contributed by atoms with Crippen LogP contribution in [-0.4, -0.2) is 25.6 Å². The highest BCUT2D eigenvalue weighted by Gasteiger charge is 2.10. The van der Waals surface area contributed by atoms with Crippen LogP contribution in [0.2, 0.25) is 0 Å². The van der Waals surface area contributed by atoms with Gasteiger partial charge in [0.15, 0.2) is 0 Å². The molecule has 5 nitrogen and oxygen atoms in total. The zero-order valence-corrected chi connectivity index (χ0v) is 14.7. The number of anilines is 1. The van der Waals surface area contributed by atoms with Crippen LogP contribution in [0, 0.1) is 5.92 Å². The van der Waals surface area contributed by atoms with Gasteiger partial charge in [-0.2, -0.15) is 0 Å². The van der Waals surface area contributed by atoms with E-state index in [4.69, 9.17) is 9.47 Å². The molecule has 0 saturated carbocycles. The minimum Gasteiger partial charge on any atom is -0.497 e. The zero-order chi connectivity index (χ0) is 18.2. The van der Waals surface area contributed by atoms with Gasteiger partial charge in [-0.1, -0.05) is 19.9 Å². The van der Waals surface area contributed by atoms with E-state index < -0.39 is 0 Å². The lowest BCUT2D eigenvalue weighted by Gasteiger charge is -2.09. The van der Waals surface area contributed by atoms with Gasteiger partial charge in [-0.3, -0.25) is 4.79 Å². The van der Waals surface area contributed by atoms with Gasteiger partial charge in [0, 0.05) is 11.3 Å². The number of benzene rings is 2. The lowest BCUT2D eigenvalue weighted by Crippen LogP contribution is -2.12. The molecule has 2 rings (SSSR count). The zero-order valence-electron chi connectivity index (χ0n) is 14.7. The summed E-state index contributed by atoms with van der Waals surface area (Å²) in [6, 6.07) is 13.5. The Morgan fingerprint density at radius 2 is 1.76 bits per heavy atom. The van der Waals surface area contributed by atoms with Gasteiger partial charge < -0.3 is 14.8 Å². The molecule has 0 spiro atoms. The molecule has 2 aromatic carbocycles. The van der Waals surface area contributed by atoms with Crippen molar-refractivity contribution in [3.8, 4) is 5.75 Å². The monoisotopic (exact) mass is 341 g/mol. The van der Waals surface area contributed by atoms with Crippen molar-refractivity contribution < 1.29 is 19.1 Å². The Morgan fingerprint density at radius 3 is 2.40 bits per heavy atom. The molecule has 0 unspecified atom stereocenters. The van der Waals surface area contributed by atoms with Crippen molar-refractivity contribution in [3.05, 3.63) is 59.7 Å². The van der Waals surface area contributed by atoms with Gasteiger partial charge in [0.2, 0.25) is 0 Å². The van der Waals surface area contributed by atoms with Crippen LogP contribution in [0.25, 0.3) is 0 Å². The molecular formula is C20H23NO4. The lowest BCUT2D eigenvalue weighted by molar-refractivity contribution is 0.0488. The maximum absolute atomic E-state index is 12.2. The summed E-state index contributed by atoms with van der Waals surface area (Å²) in [4.78, 5) is 24.2. The van der Waals surface area contributed by atoms with Crippen molar-refractivity contribution >= 4 is 17.6 Å². The van der Waals surface area contributed by atoms with Gasteiger partial charge >= 0.3 is 5.97 Å². The third-order valence-electron chi connectivity index (χ3n) is 3.64. The Labute approximate surface area is 148 Å². The van der Waals surface area contributed by atoms with Crippen molar-refractivity contribution in [3.63, 3.8) is 0 Å². The van der Waals surface area contributed by atoms with E-state index in [9.17, 15) is 9.59 Å². The second kappa shape index (κ2) is 8.87. The summed E-state index contributed by atoms with van der Waals surface area (Å²) in [6.07, 6.45) is 0.834. The van der Waals surface area contributed by atoms with Crippen molar-refractivity contribution in [1.82, 2.24) is 0 Å². The fraction of sp³-hybridized carbons (Fsp3) is 0.300. The van der Waals surface area contributed by atoms with Crippen LogP contribution in [0.5, 0.6) is 5.75 Å². The quantitative estimate of drug-likeness (QED) is 0.768. The smallest absolute Gasteiger partial charge is 0.338 e. The first-order chi connectivity index (χ1) is 12.0. The van der Waals surface area contributed by atoms with Gasteiger partial charge in [-0.15, -0.1) is 0 Å². The Bertz CT molecular complexity index is 723. The number of rotatable bonds is 7. The van der Waals surface area contributed by atoms with Crippen LogP contribution in [0.15, 0.2) is 48.5 Å². The second-order valence-corrected chi connectivity index (χ2v) is 6.08.